The number of sulfonamides is 1. The quantitative estimate of drug-likeness (QED) is 0.383. The number of rotatable bonds is 6. The topological polar surface area (TPSA) is 98.5 Å². The summed E-state index contributed by atoms with van der Waals surface area (Å²) < 4.78 is 35.1. The summed E-state index contributed by atoms with van der Waals surface area (Å²) in [4.78, 5) is 1.15. The molecular weight excluding hydrogens is 458 g/mol. The number of methoxy groups -OCH3 is 1. The maximum Gasteiger partial charge on any atom is 0.261 e. The Kier molecular flexibility index (Phi) is 5.31. The van der Waals surface area contributed by atoms with E-state index in [0.717, 1.165) is 21.7 Å². The van der Waals surface area contributed by atoms with Crippen molar-refractivity contribution in [1.82, 2.24) is 19.8 Å². The molecule has 0 saturated heterocycles. The van der Waals surface area contributed by atoms with Crippen LogP contribution in [0.3, 0.4) is 0 Å². The van der Waals surface area contributed by atoms with E-state index in [1.165, 1.54) is 6.07 Å². The van der Waals surface area contributed by atoms with E-state index in [4.69, 9.17) is 4.74 Å². The number of aryl methyl sites for hydroxylation is 1. The molecule has 0 amide bonds. The van der Waals surface area contributed by atoms with Crippen LogP contribution in [0.5, 0.6) is 5.75 Å². The van der Waals surface area contributed by atoms with Gasteiger partial charge in [-0.1, -0.05) is 18.2 Å². The molecule has 0 bridgehead atoms. The van der Waals surface area contributed by atoms with E-state index in [1.807, 2.05) is 41.8 Å². The molecule has 0 spiro atoms. The van der Waals surface area contributed by atoms with E-state index < -0.39 is 10.0 Å². The van der Waals surface area contributed by atoms with E-state index in [1.54, 1.807) is 54.2 Å². The van der Waals surface area contributed by atoms with Crippen LogP contribution in [-0.2, 0) is 10.0 Å². The number of hydrogen-bond acceptors (Lipinski definition) is 7. The first-order valence-corrected chi connectivity index (χ1v) is 12.4. The third-order valence-corrected chi connectivity index (χ3v) is 7.36. The van der Waals surface area contributed by atoms with E-state index in [0.29, 0.717) is 22.9 Å². The minimum Gasteiger partial charge on any atom is -0.496 e. The average molecular weight is 478 g/mol. The Balaban J connectivity index is 1.41. The number of fused-ring (bicyclic) bond motifs is 1. The Bertz CT molecular complexity index is 1540. The number of ether oxygens (including phenoxy) is 1. The number of benzene rings is 2. The van der Waals surface area contributed by atoms with E-state index in [-0.39, 0.29) is 4.90 Å². The molecule has 0 radical (unpaired) electrons. The van der Waals surface area contributed by atoms with Crippen molar-refractivity contribution in [1.29, 1.82) is 0 Å². The molecule has 0 unspecified atom stereocenters. The molecule has 3 heterocycles. The summed E-state index contributed by atoms with van der Waals surface area (Å²) in [6, 6.07) is 19.5. The van der Waals surface area contributed by atoms with Crippen molar-refractivity contribution in [2.24, 2.45) is 0 Å². The minimum atomic E-state index is -3.73. The van der Waals surface area contributed by atoms with Crippen molar-refractivity contribution in [3.8, 4) is 27.7 Å². The lowest BCUT2D eigenvalue weighted by molar-refractivity contribution is 0.411. The van der Waals surface area contributed by atoms with Gasteiger partial charge in [0.05, 0.1) is 22.6 Å². The van der Waals surface area contributed by atoms with Crippen LogP contribution < -0.4 is 9.46 Å². The van der Waals surface area contributed by atoms with Crippen LogP contribution in [0.2, 0.25) is 0 Å². The maximum atomic E-state index is 12.8. The van der Waals surface area contributed by atoms with Crippen molar-refractivity contribution < 1.29 is 13.2 Å². The molecule has 0 fully saturated rings. The molecular formula is C23H19N5O3S2. The highest BCUT2D eigenvalue weighted by atomic mass is 32.2. The van der Waals surface area contributed by atoms with Crippen LogP contribution in [0, 0.1) is 6.92 Å². The second kappa shape index (κ2) is 8.30. The van der Waals surface area contributed by atoms with Gasteiger partial charge >= 0.3 is 0 Å². The summed E-state index contributed by atoms with van der Waals surface area (Å²) in [5, 5.41) is 15.1. The van der Waals surface area contributed by atoms with Crippen molar-refractivity contribution >= 4 is 32.7 Å². The zero-order chi connectivity index (χ0) is 23.0. The highest BCUT2D eigenvalue weighted by Gasteiger charge is 2.16. The molecule has 0 aliphatic carbocycles. The molecule has 0 saturated carbocycles. The maximum absolute atomic E-state index is 12.8. The second-order valence-corrected chi connectivity index (χ2v) is 9.93. The lowest BCUT2D eigenvalue weighted by Crippen LogP contribution is -2.13. The Morgan fingerprint density at radius 3 is 2.52 bits per heavy atom. The predicted molar refractivity (Wildman–Crippen MR) is 128 cm³/mol. The van der Waals surface area contributed by atoms with Gasteiger partial charge in [-0.15, -0.1) is 21.5 Å². The number of hydrogen-bond donors (Lipinski definition) is 1. The van der Waals surface area contributed by atoms with Gasteiger partial charge < -0.3 is 4.74 Å². The second-order valence-electron chi connectivity index (χ2n) is 7.30. The van der Waals surface area contributed by atoms with E-state index >= 15 is 0 Å². The van der Waals surface area contributed by atoms with Gasteiger partial charge in [0.15, 0.2) is 11.5 Å². The fourth-order valence-electron chi connectivity index (χ4n) is 3.44. The fraction of sp³-hybridized carbons (Fsp3) is 0.0870. The average Bonchev–Trinajstić information content (AvgIpc) is 3.48. The van der Waals surface area contributed by atoms with Crippen LogP contribution in [0.25, 0.3) is 27.6 Å². The number of anilines is 1. The van der Waals surface area contributed by atoms with Crippen molar-refractivity contribution in [2.45, 2.75) is 11.8 Å². The smallest absolute Gasteiger partial charge is 0.261 e. The molecule has 0 aliphatic heterocycles. The first-order valence-electron chi connectivity index (χ1n) is 9.99. The van der Waals surface area contributed by atoms with Crippen molar-refractivity contribution in [2.75, 3.05) is 11.8 Å². The highest BCUT2D eigenvalue weighted by Crippen LogP contribution is 2.26. The molecule has 0 atom stereocenters. The summed E-state index contributed by atoms with van der Waals surface area (Å²) in [5.41, 5.74) is 3.41. The summed E-state index contributed by atoms with van der Waals surface area (Å²) in [6.07, 6.45) is 0. The van der Waals surface area contributed by atoms with Gasteiger partial charge in [0, 0.05) is 11.3 Å². The molecule has 2 aromatic carbocycles. The summed E-state index contributed by atoms with van der Waals surface area (Å²) in [6.45, 7) is 1.80. The zero-order valence-corrected chi connectivity index (χ0v) is 19.4. The molecule has 5 rings (SSSR count). The fourth-order valence-corrected chi connectivity index (χ4v) is 5.28. The molecule has 8 nitrogen and oxygen atoms in total. The Morgan fingerprint density at radius 2 is 1.82 bits per heavy atom. The largest absolute Gasteiger partial charge is 0.496 e. The van der Waals surface area contributed by atoms with Gasteiger partial charge in [-0.3, -0.25) is 4.72 Å². The number of aromatic nitrogens is 4. The normalized spacial score (nSPS) is 11.6. The lowest BCUT2D eigenvalue weighted by atomic mass is 10.1. The third-order valence-electron chi connectivity index (χ3n) is 5.11. The highest BCUT2D eigenvalue weighted by molar-refractivity contribution is 7.92. The van der Waals surface area contributed by atoms with Gasteiger partial charge in [0.25, 0.3) is 10.0 Å². The Hall–Kier alpha value is -3.76. The lowest BCUT2D eigenvalue weighted by Gasteiger charge is -2.11. The third kappa shape index (κ3) is 4.06. The standard InChI is InChI=1S/C23H19N5O3S2/c1-15-14-18(9-11-20(15)31-2)33(29,30)27-17-7-5-16(6-8-17)19-10-12-22-24-25-23(28(22)26-19)21-4-3-13-32-21/h3-14,27H,1-2H3. The van der Waals surface area contributed by atoms with Crippen LogP contribution in [-0.4, -0.2) is 35.3 Å². The minimum absolute atomic E-state index is 0.172. The van der Waals surface area contributed by atoms with Gasteiger partial charge in [-0.25, -0.2) is 8.42 Å². The Morgan fingerprint density at radius 1 is 1.00 bits per heavy atom. The van der Waals surface area contributed by atoms with Gasteiger partial charge in [0.1, 0.15) is 5.75 Å². The van der Waals surface area contributed by atoms with Crippen LogP contribution in [0.1, 0.15) is 5.56 Å². The molecule has 3 aromatic heterocycles. The van der Waals surface area contributed by atoms with Gasteiger partial charge in [-0.05, 0) is 66.4 Å². The molecule has 33 heavy (non-hydrogen) atoms. The van der Waals surface area contributed by atoms with Crippen LogP contribution >= 0.6 is 11.3 Å². The summed E-state index contributed by atoms with van der Waals surface area (Å²) in [5.74, 6) is 1.32. The molecule has 0 aliphatic rings. The zero-order valence-electron chi connectivity index (χ0n) is 17.8. The van der Waals surface area contributed by atoms with E-state index in [9.17, 15) is 8.42 Å². The summed E-state index contributed by atoms with van der Waals surface area (Å²) in [7, 11) is -2.18. The number of thiophene rings is 1. The van der Waals surface area contributed by atoms with Crippen LogP contribution in [0.4, 0.5) is 5.69 Å². The van der Waals surface area contributed by atoms with Crippen LogP contribution in [0.15, 0.2) is 77.0 Å². The SMILES string of the molecule is COc1ccc(S(=O)(=O)Nc2ccc(-c3ccc4nnc(-c5cccs5)n4n3)cc2)cc1C. The molecule has 10 heteroatoms. The molecule has 1 N–H and O–H groups in total. The number of nitrogens with zero attached hydrogens (tertiary/aromatic N) is 4. The molecule has 166 valence electrons. The van der Waals surface area contributed by atoms with Gasteiger partial charge in [0.2, 0.25) is 0 Å². The first kappa shape index (κ1) is 21.1. The number of nitrogens with one attached hydrogen (secondary N) is 1. The monoisotopic (exact) mass is 477 g/mol. The van der Waals surface area contributed by atoms with Gasteiger partial charge in [-0.2, -0.15) is 9.61 Å². The van der Waals surface area contributed by atoms with Crippen molar-refractivity contribution in [3.63, 3.8) is 0 Å². The first-order chi connectivity index (χ1) is 15.9. The summed E-state index contributed by atoms with van der Waals surface area (Å²) >= 11 is 1.57. The predicted octanol–water partition coefficient (Wildman–Crippen LogP) is 4.64. The Labute approximate surface area is 194 Å². The van der Waals surface area contributed by atoms with E-state index in [2.05, 4.69) is 20.0 Å². The van der Waals surface area contributed by atoms with Crippen molar-refractivity contribution in [3.05, 3.63) is 77.7 Å². The molecule has 5 aromatic rings.